The van der Waals surface area contributed by atoms with Gasteiger partial charge in [-0.1, -0.05) is 0 Å². The van der Waals surface area contributed by atoms with Crippen molar-refractivity contribution in [2.24, 2.45) is 4.99 Å². The number of ketones is 1. The minimum Gasteiger partial charge on any atom is -0.462 e. The lowest BCUT2D eigenvalue weighted by Crippen LogP contribution is -2.27. The normalized spacial score (nSPS) is 20.6. The Morgan fingerprint density at radius 1 is 1.42 bits per heavy atom. The molecule has 1 aliphatic heterocycles. The molecule has 0 N–H and O–H groups in total. The first-order valence-electron chi connectivity index (χ1n) is 6.61. The number of hydrogen-bond acceptors (Lipinski definition) is 4. The van der Waals surface area contributed by atoms with Gasteiger partial charge in [-0.2, -0.15) is 0 Å². The number of fused-ring (bicyclic) bond motifs is 2. The predicted molar refractivity (Wildman–Crippen MR) is 69.2 cm³/mol. The summed E-state index contributed by atoms with van der Waals surface area (Å²) >= 11 is 0. The number of carbonyl (C=O) groups is 2. The summed E-state index contributed by atoms with van der Waals surface area (Å²) in [4.78, 5) is 28.1. The van der Waals surface area contributed by atoms with Gasteiger partial charge in [0.1, 0.15) is 6.04 Å². The van der Waals surface area contributed by atoms with Gasteiger partial charge in [-0.05, 0) is 43.5 Å². The van der Waals surface area contributed by atoms with Crippen LogP contribution in [0.4, 0.5) is 0 Å². The molecule has 19 heavy (non-hydrogen) atoms. The summed E-state index contributed by atoms with van der Waals surface area (Å²) < 4.78 is 5.00. The van der Waals surface area contributed by atoms with Crippen molar-refractivity contribution in [1.82, 2.24) is 0 Å². The number of esters is 1. The van der Waals surface area contributed by atoms with Crippen LogP contribution in [0.3, 0.4) is 0 Å². The fourth-order valence-corrected chi connectivity index (χ4v) is 2.74. The number of rotatable bonds is 2. The number of hydrogen-bond donors (Lipinski definition) is 0. The lowest BCUT2D eigenvalue weighted by atomic mass is 9.89. The number of benzene rings is 1. The van der Waals surface area contributed by atoms with E-state index in [-0.39, 0.29) is 17.8 Å². The second kappa shape index (κ2) is 4.61. The first kappa shape index (κ1) is 12.1. The molecule has 1 aromatic rings. The summed E-state index contributed by atoms with van der Waals surface area (Å²) in [7, 11) is 0. The molecule has 1 aromatic carbocycles. The second-order valence-corrected chi connectivity index (χ2v) is 4.83. The third kappa shape index (κ3) is 1.97. The SMILES string of the molecule is CCOC(=O)c1ccc2c(c1)=C1CCCC(=O)[C@@H]1N=2. The zero-order valence-corrected chi connectivity index (χ0v) is 10.8. The van der Waals surface area contributed by atoms with E-state index in [0.717, 1.165) is 29.0 Å². The molecule has 1 aliphatic carbocycles. The number of ether oxygens (including phenoxy) is 1. The van der Waals surface area contributed by atoms with Gasteiger partial charge in [0.25, 0.3) is 0 Å². The molecule has 1 fully saturated rings. The smallest absolute Gasteiger partial charge is 0.338 e. The van der Waals surface area contributed by atoms with E-state index < -0.39 is 0 Å². The maximum Gasteiger partial charge on any atom is 0.338 e. The van der Waals surface area contributed by atoms with Crippen molar-refractivity contribution in [2.45, 2.75) is 32.2 Å². The Bertz CT molecular complexity index is 675. The molecule has 0 spiro atoms. The van der Waals surface area contributed by atoms with Gasteiger partial charge in [0.15, 0.2) is 5.78 Å². The Hall–Kier alpha value is -1.97. The van der Waals surface area contributed by atoms with Gasteiger partial charge in [-0.15, -0.1) is 0 Å². The molecule has 0 bridgehead atoms. The van der Waals surface area contributed by atoms with E-state index in [1.165, 1.54) is 0 Å². The monoisotopic (exact) mass is 257 g/mol. The lowest BCUT2D eigenvalue weighted by molar-refractivity contribution is -0.119. The van der Waals surface area contributed by atoms with Crippen LogP contribution in [-0.4, -0.2) is 24.4 Å². The molecular formula is C15H15NO3. The third-order valence-corrected chi connectivity index (χ3v) is 3.63. The zero-order valence-electron chi connectivity index (χ0n) is 10.8. The Balaban J connectivity index is 2.10. The van der Waals surface area contributed by atoms with Crippen LogP contribution >= 0.6 is 0 Å². The Morgan fingerprint density at radius 2 is 2.26 bits per heavy atom. The molecule has 0 radical (unpaired) electrons. The first-order chi connectivity index (χ1) is 9.20. The van der Waals surface area contributed by atoms with E-state index in [9.17, 15) is 9.59 Å². The van der Waals surface area contributed by atoms with Gasteiger partial charge in [0.2, 0.25) is 0 Å². The standard InChI is InChI=1S/C15H15NO3/c1-2-19-15(18)9-6-7-12-11(8-9)10-4-3-5-13(17)14(10)16-12/h6-8,14H,2-5H2,1H3/t14-/m1/s1. The minimum absolute atomic E-state index is 0.190. The summed E-state index contributed by atoms with van der Waals surface area (Å²) in [6, 6.07) is 5.02. The number of carbonyl (C=O) groups excluding carboxylic acids is 2. The lowest BCUT2D eigenvalue weighted by Gasteiger charge is -2.17. The van der Waals surface area contributed by atoms with Gasteiger partial charge in [-0.25, -0.2) is 4.79 Å². The van der Waals surface area contributed by atoms with Crippen molar-refractivity contribution in [3.05, 3.63) is 34.3 Å². The van der Waals surface area contributed by atoms with E-state index in [0.29, 0.717) is 18.6 Å². The molecule has 3 rings (SSSR count). The van der Waals surface area contributed by atoms with Crippen LogP contribution in [0, 0.1) is 0 Å². The summed E-state index contributed by atoms with van der Waals surface area (Å²) in [6.45, 7) is 2.14. The van der Waals surface area contributed by atoms with Crippen molar-refractivity contribution < 1.29 is 14.3 Å². The van der Waals surface area contributed by atoms with Crippen molar-refractivity contribution >= 4 is 17.3 Å². The van der Waals surface area contributed by atoms with Crippen molar-refractivity contribution in [2.75, 3.05) is 6.61 Å². The topological polar surface area (TPSA) is 55.7 Å². The molecule has 0 amide bonds. The summed E-state index contributed by atoms with van der Waals surface area (Å²) in [6.07, 6.45) is 2.37. The van der Waals surface area contributed by atoms with Crippen molar-refractivity contribution in [3.8, 4) is 0 Å². The molecule has 1 saturated carbocycles. The van der Waals surface area contributed by atoms with Crippen LogP contribution in [0.2, 0.25) is 0 Å². The number of Topliss-reactive ketones (excluding diaryl/α,β-unsaturated/α-hetero) is 1. The molecule has 1 atom stereocenters. The maximum atomic E-state index is 11.9. The van der Waals surface area contributed by atoms with E-state index in [1.807, 2.05) is 6.07 Å². The highest BCUT2D eigenvalue weighted by Gasteiger charge is 2.29. The quantitative estimate of drug-likeness (QED) is 0.735. The van der Waals surface area contributed by atoms with Gasteiger partial charge >= 0.3 is 5.97 Å². The predicted octanol–water partition coefficient (Wildman–Crippen LogP) is 0.769. The second-order valence-electron chi connectivity index (χ2n) is 4.83. The molecular weight excluding hydrogens is 242 g/mol. The van der Waals surface area contributed by atoms with Crippen molar-refractivity contribution in [1.29, 1.82) is 0 Å². The average molecular weight is 257 g/mol. The van der Waals surface area contributed by atoms with Gasteiger partial charge in [0.05, 0.1) is 17.5 Å². The van der Waals surface area contributed by atoms with Crippen LogP contribution < -0.4 is 10.6 Å². The summed E-state index contributed by atoms with van der Waals surface area (Å²) in [5.41, 5.74) is 1.60. The Labute approximate surface area is 110 Å². The average Bonchev–Trinajstić information content (AvgIpc) is 2.78. The largest absolute Gasteiger partial charge is 0.462 e. The molecule has 4 heteroatoms. The zero-order chi connectivity index (χ0) is 13.4. The van der Waals surface area contributed by atoms with E-state index in [4.69, 9.17) is 4.74 Å². The molecule has 4 nitrogen and oxygen atoms in total. The minimum atomic E-state index is -0.323. The van der Waals surface area contributed by atoms with Crippen LogP contribution in [0.5, 0.6) is 0 Å². The van der Waals surface area contributed by atoms with Gasteiger partial charge < -0.3 is 4.74 Å². The van der Waals surface area contributed by atoms with E-state index >= 15 is 0 Å². The van der Waals surface area contributed by atoms with Crippen molar-refractivity contribution in [3.63, 3.8) is 0 Å². The number of nitrogens with zero attached hydrogens (tertiary/aromatic N) is 1. The Morgan fingerprint density at radius 3 is 3.05 bits per heavy atom. The highest BCUT2D eigenvalue weighted by atomic mass is 16.5. The molecule has 2 aliphatic rings. The van der Waals surface area contributed by atoms with Gasteiger partial charge in [0, 0.05) is 11.6 Å². The summed E-state index contributed by atoms with van der Waals surface area (Å²) in [5, 5.41) is 1.77. The molecule has 98 valence electrons. The Kier molecular flexibility index (Phi) is 2.93. The van der Waals surface area contributed by atoms with Crippen LogP contribution in [0.1, 0.15) is 36.5 Å². The summed E-state index contributed by atoms with van der Waals surface area (Å²) in [5.74, 6) is -0.133. The molecule has 0 aromatic heterocycles. The van der Waals surface area contributed by atoms with Crippen LogP contribution in [0.25, 0.3) is 5.57 Å². The highest BCUT2D eigenvalue weighted by molar-refractivity contribution is 5.96. The van der Waals surface area contributed by atoms with Crippen LogP contribution in [-0.2, 0) is 9.53 Å². The maximum absolute atomic E-state index is 11.9. The highest BCUT2D eigenvalue weighted by Crippen LogP contribution is 2.24. The molecule has 1 heterocycles. The fourth-order valence-electron chi connectivity index (χ4n) is 2.74. The van der Waals surface area contributed by atoms with Crippen LogP contribution in [0.15, 0.2) is 23.2 Å². The molecule has 0 saturated heterocycles. The fraction of sp³-hybridized carbons (Fsp3) is 0.400. The third-order valence-electron chi connectivity index (χ3n) is 3.63. The van der Waals surface area contributed by atoms with Gasteiger partial charge in [-0.3, -0.25) is 9.79 Å². The van der Waals surface area contributed by atoms with E-state index in [2.05, 4.69) is 4.99 Å². The first-order valence-corrected chi connectivity index (χ1v) is 6.61. The molecule has 0 unspecified atom stereocenters. The van der Waals surface area contributed by atoms with E-state index in [1.54, 1.807) is 19.1 Å².